The Morgan fingerprint density at radius 3 is 2.80 bits per heavy atom. The van der Waals surface area contributed by atoms with Crippen molar-refractivity contribution < 1.29 is 18.5 Å². The zero-order valence-corrected chi connectivity index (χ0v) is 16.7. The van der Waals surface area contributed by atoms with E-state index < -0.39 is 11.7 Å². The van der Waals surface area contributed by atoms with Crippen LogP contribution in [0.5, 0.6) is 0 Å². The van der Waals surface area contributed by atoms with Gasteiger partial charge < -0.3 is 15.2 Å². The first-order valence-corrected chi connectivity index (χ1v) is 9.41. The molecule has 0 spiro atoms. The number of hydrogen-bond donors (Lipinski definition) is 2. The van der Waals surface area contributed by atoms with Crippen molar-refractivity contribution >= 4 is 17.6 Å². The zero-order valence-electron chi connectivity index (χ0n) is 16.7. The minimum Gasteiger partial charge on any atom is -0.344 e. The van der Waals surface area contributed by atoms with Gasteiger partial charge in [-0.3, -0.25) is 9.59 Å². The number of amides is 2. The predicted octanol–water partition coefficient (Wildman–Crippen LogP) is 2.99. The number of pyridine rings is 1. The average Bonchev–Trinajstić information content (AvgIpc) is 3.32. The van der Waals surface area contributed by atoms with Gasteiger partial charge >= 0.3 is 11.8 Å². The van der Waals surface area contributed by atoms with Crippen molar-refractivity contribution in [3.63, 3.8) is 0 Å². The summed E-state index contributed by atoms with van der Waals surface area (Å²) < 4.78 is 19.7. The van der Waals surface area contributed by atoms with Crippen LogP contribution < -0.4 is 10.6 Å². The van der Waals surface area contributed by atoms with E-state index in [0.717, 1.165) is 11.1 Å². The molecule has 0 unspecified atom stereocenters. The summed E-state index contributed by atoms with van der Waals surface area (Å²) in [4.78, 5) is 32.1. The summed E-state index contributed by atoms with van der Waals surface area (Å²) in [7, 11) is 0. The highest BCUT2D eigenvalue weighted by Crippen LogP contribution is 2.32. The molecular formula is C21H20FN5O3. The van der Waals surface area contributed by atoms with Crippen LogP contribution in [-0.4, -0.2) is 26.9 Å². The van der Waals surface area contributed by atoms with Crippen molar-refractivity contribution in [2.24, 2.45) is 0 Å². The molecule has 0 bridgehead atoms. The van der Waals surface area contributed by atoms with E-state index in [1.807, 2.05) is 20.8 Å². The Morgan fingerprint density at radius 2 is 2.10 bits per heavy atom. The molecule has 4 rings (SSSR count). The number of rotatable bonds is 4. The van der Waals surface area contributed by atoms with Crippen molar-refractivity contribution in [3.8, 4) is 11.1 Å². The van der Waals surface area contributed by atoms with Crippen LogP contribution in [-0.2, 0) is 23.2 Å². The average molecular weight is 409 g/mol. The van der Waals surface area contributed by atoms with Crippen LogP contribution in [0.3, 0.4) is 0 Å². The first-order valence-electron chi connectivity index (χ1n) is 9.41. The molecule has 1 aliphatic rings. The summed E-state index contributed by atoms with van der Waals surface area (Å²) in [5.41, 5.74) is 2.08. The summed E-state index contributed by atoms with van der Waals surface area (Å²) in [6.45, 7) is 5.68. The van der Waals surface area contributed by atoms with Gasteiger partial charge in [-0.2, -0.15) is 4.98 Å². The van der Waals surface area contributed by atoms with Crippen molar-refractivity contribution in [2.75, 3.05) is 5.32 Å². The number of carbonyl (C=O) groups is 2. The van der Waals surface area contributed by atoms with Gasteiger partial charge in [0.2, 0.25) is 5.91 Å². The summed E-state index contributed by atoms with van der Waals surface area (Å²) in [5, 5.41) is 9.07. The molecular weight excluding hydrogens is 389 g/mol. The lowest BCUT2D eigenvalue weighted by molar-refractivity contribution is -0.115. The van der Waals surface area contributed by atoms with Gasteiger partial charge in [-0.1, -0.05) is 38.1 Å². The number of carbonyl (C=O) groups excluding carboxylic acids is 2. The highest BCUT2D eigenvalue weighted by Gasteiger charge is 2.24. The normalized spacial score (nSPS) is 13.1. The zero-order chi connectivity index (χ0) is 21.5. The van der Waals surface area contributed by atoms with E-state index in [0.29, 0.717) is 22.8 Å². The molecule has 2 aromatic heterocycles. The Balaban J connectivity index is 1.49. The Hall–Kier alpha value is -3.62. The molecule has 9 heteroatoms. The Labute approximate surface area is 171 Å². The van der Waals surface area contributed by atoms with Crippen molar-refractivity contribution in [3.05, 3.63) is 59.1 Å². The van der Waals surface area contributed by atoms with Gasteiger partial charge in [0.15, 0.2) is 5.82 Å². The van der Waals surface area contributed by atoms with Gasteiger partial charge in [-0.15, -0.1) is 0 Å². The van der Waals surface area contributed by atoms with Crippen LogP contribution in [0.1, 0.15) is 48.4 Å². The number of nitrogens with zero attached hydrogens (tertiary/aromatic N) is 3. The second-order valence-corrected chi connectivity index (χ2v) is 8.07. The quantitative estimate of drug-likeness (QED) is 0.686. The topological polar surface area (TPSA) is 110 Å². The molecule has 0 saturated carbocycles. The molecule has 1 aliphatic heterocycles. The summed E-state index contributed by atoms with van der Waals surface area (Å²) in [5.74, 6) is -0.430. The molecule has 0 radical (unpaired) electrons. The first kappa shape index (κ1) is 19.7. The van der Waals surface area contributed by atoms with Crippen molar-refractivity contribution in [1.29, 1.82) is 0 Å². The number of anilines is 1. The molecule has 2 amide bonds. The fourth-order valence-electron chi connectivity index (χ4n) is 3.12. The van der Waals surface area contributed by atoms with Crippen LogP contribution in [0, 0.1) is 5.82 Å². The number of fused-ring (bicyclic) bond motifs is 1. The fraction of sp³-hybridized carbons (Fsp3) is 0.286. The maximum atomic E-state index is 14.7. The molecule has 0 aliphatic carbocycles. The number of halogens is 1. The standard InChI is InChI=1S/C21H20FN5O3/c1-21(2,3)20-26-19(30-27-20)18(29)24-10-12-5-4-11(8-15(12)22)13-6-7-23-17-14(13)9-16(28)25-17/h4-8H,9-10H2,1-3H3,(H,24,29)(H,23,25,28). The molecule has 0 fully saturated rings. The van der Waals surface area contributed by atoms with Crippen molar-refractivity contribution in [2.45, 2.75) is 39.2 Å². The lowest BCUT2D eigenvalue weighted by atomic mass is 9.96. The van der Waals surface area contributed by atoms with E-state index in [1.54, 1.807) is 24.4 Å². The molecule has 0 atom stereocenters. The summed E-state index contributed by atoms with van der Waals surface area (Å²) in [6, 6.07) is 6.46. The third kappa shape index (κ3) is 3.78. The minimum absolute atomic E-state index is 0.0350. The molecule has 8 nitrogen and oxygen atoms in total. The lowest BCUT2D eigenvalue weighted by Crippen LogP contribution is -2.24. The van der Waals surface area contributed by atoms with Gasteiger partial charge in [0.1, 0.15) is 11.6 Å². The SMILES string of the molecule is CC(C)(C)c1noc(C(=O)NCc2ccc(-c3ccnc4c3CC(=O)N4)cc2F)n1. The smallest absolute Gasteiger partial charge is 0.315 e. The van der Waals surface area contributed by atoms with E-state index >= 15 is 0 Å². The van der Waals surface area contributed by atoms with E-state index in [1.165, 1.54) is 6.07 Å². The fourth-order valence-corrected chi connectivity index (χ4v) is 3.12. The van der Waals surface area contributed by atoms with E-state index in [4.69, 9.17) is 4.52 Å². The molecule has 0 saturated heterocycles. The Bertz CT molecular complexity index is 1150. The molecule has 3 heterocycles. The van der Waals surface area contributed by atoms with Crippen LogP contribution in [0.25, 0.3) is 11.1 Å². The van der Waals surface area contributed by atoms with Crippen LogP contribution in [0.15, 0.2) is 35.0 Å². The van der Waals surface area contributed by atoms with Gasteiger partial charge in [0.25, 0.3) is 0 Å². The lowest BCUT2D eigenvalue weighted by Gasteiger charge is -2.11. The summed E-state index contributed by atoms with van der Waals surface area (Å²) in [6.07, 6.45) is 1.78. The van der Waals surface area contributed by atoms with Gasteiger partial charge in [-0.05, 0) is 23.3 Å². The van der Waals surface area contributed by atoms with Crippen LogP contribution in [0.2, 0.25) is 0 Å². The van der Waals surface area contributed by atoms with E-state index in [9.17, 15) is 14.0 Å². The number of nitrogens with one attached hydrogen (secondary N) is 2. The van der Waals surface area contributed by atoms with E-state index in [-0.39, 0.29) is 30.2 Å². The maximum Gasteiger partial charge on any atom is 0.315 e. The summed E-state index contributed by atoms with van der Waals surface area (Å²) >= 11 is 0. The monoisotopic (exact) mass is 409 g/mol. The second-order valence-electron chi connectivity index (χ2n) is 8.07. The number of hydrogen-bond acceptors (Lipinski definition) is 6. The van der Waals surface area contributed by atoms with Gasteiger partial charge in [0.05, 0.1) is 6.42 Å². The third-order valence-corrected chi connectivity index (χ3v) is 4.75. The Morgan fingerprint density at radius 1 is 1.30 bits per heavy atom. The maximum absolute atomic E-state index is 14.7. The number of benzene rings is 1. The van der Waals surface area contributed by atoms with E-state index in [2.05, 4.69) is 25.8 Å². The molecule has 1 aromatic carbocycles. The number of aromatic nitrogens is 3. The molecule has 3 aromatic rings. The van der Waals surface area contributed by atoms with Gasteiger partial charge in [-0.25, -0.2) is 9.37 Å². The Kier molecular flexibility index (Phi) is 4.81. The minimum atomic E-state index is -0.571. The van der Waals surface area contributed by atoms with Crippen LogP contribution in [0.4, 0.5) is 10.2 Å². The first-order chi connectivity index (χ1) is 14.2. The highest BCUT2D eigenvalue weighted by atomic mass is 19.1. The van der Waals surface area contributed by atoms with Gasteiger partial charge in [0, 0.05) is 29.3 Å². The second kappa shape index (κ2) is 7.33. The largest absolute Gasteiger partial charge is 0.344 e. The third-order valence-electron chi connectivity index (χ3n) is 4.75. The van der Waals surface area contributed by atoms with Crippen LogP contribution >= 0.6 is 0 Å². The molecule has 154 valence electrons. The predicted molar refractivity (Wildman–Crippen MR) is 106 cm³/mol. The molecule has 2 N–H and O–H groups in total. The van der Waals surface area contributed by atoms with Crippen molar-refractivity contribution in [1.82, 2.24) is 20.4 Å². The molecule has 30 heavy (non-hydrogen) atoms. The highest BCUT2D eigenvalue weighted by molar-refractivity contribution is 6.00.